The van der Waals surface area contributed by atoms with Gasteiger partial charge in [-0.2, -0.15) is 0 Å². The van der Waals surface area contributed by atoms with Crippen LogP contribution in [0.25, 0.3) is 0 Å². The second-order valence-electron chi connectivity index (χ2n) is 3.15. The van der Waals surface area contributed by atoms with Crippen LogP contribution in [-0.2, 0) is 23.9 Å². The number of rotatable bonds is 7. The zero-order valence-corrected chi connectivity index (χ0v) is 10.6. The average Bonchev–Trinajstić information content (AvgIpc) is 2.24. The predicted octanol–water partition coefficient (Wildman–Crippen LogP) is 0.0886. The minimum absolute atomic E-state index is 0.167. The molecule has 0 aromatic rings. The van der Waals surface area contributed by atoms with E-state index in [2.05, 4.69) is 11.3 Å². The topological polar surface area (TPSA) is 116 Å². The molecule has 0 bridgehead atoms. The average molecular weight is 261 g/mol. The number of carboxylic acid groups (broad SMARTS) is 1. The highest BCUT2D eigenvalue weighted by molar-refractivity contribution is 5.93. The number of carboxylic acids is 1. The van der Waals surface area contributed by atoms with Crippen LogP contribution in [0, 0.1) is 0 Å². The van der Waals surface area contributed by atoms with Gasteiger partial charge in [-0.05, 0) is 13.8 Å². The Bertz CT molecular complexity index is 288. The number of nitrogens with two attached hydrogens (primary N) is 1. The SMILES string of the molecule is C=C(C)C(=O)O.CCOCCOC(=O)CC(N)=O. The highest BCUT2D eigenvalue weighted by Gasteiger charge is 2.05. The molecule has 0 saturated carbocycles. The van der Waals surface area contributed by atoms with Gasteiger partial charge in [0.1, 0.15) is 13.0 Å². The molecule has 104 valence electrons. The summed E-state index contributed by atoms with van der Waals surface area (Å²) >= 11 is 0. The lowest BCUT2D eigenvalue weighted by atomic mass is 10.4. The van der Waals surface area contributed by atoms with E-state index in [0.717, 1.165) is 0 Å². The van der Waals surface area contributed by atoms with Crippen LogP contribution in [0.2, 0.25) is 0 Å². The van der Waals surface area contributed by atoms with Gasteiger partial charge >= 0.3 is 11.9 Å². The molecular weight excluding hydrogens is 242 g/mol. The van der Waals surface area contributed by atoms with E-state index in [4.69, 9.17) is 15.6 Å². The highest BCUT2D eigenvalue weighted by Crippen LogP contribution is 1.85. The predicted molar refractivity (Wildman–Crippen MR) is 63.7 cm³/mol. The Balaban J connectivity index is 0. The lowest BCUT2D eigenvalue weighted by Gasteiger charge is -2.02. The Labute approximate surface area is 106 Å². The minimum atomic E-state index is -0.935. The number of carbonyl (C=O) groups excluding carboxylic acids is 2. The van der Waals surface area contributed by atoms with Gasteiger partial charge in [-0.1, -0.05) is 6.58 Å². The van der Waals surface area contributed by atoms with E-state index in [-0.39, 0.29) is 18.6 Å². The van der Waals surface area contributed by atoms with Gasteiger partial charge in [0.25, 0.3) is 0 Å². The van der Waals surface area contributed by atoms with Crippen LogP contribution in [0.3, 0.4) is 0 Å². The molecule has 3 N–H and O–H groups in total. The molecule has 0 unspecified atom stereocenters. The van der Waals surface area contributed by atoms with Gasteiger partial charge in [0.2, 0.25) is 5.91 Å². The summed E-state index contributed by atoms with van der Waals surface area (Å²) in [5.74, 6) is -2.23. The Morgan fingerprint density at radius 2 is 1.78 bits per heavy atom. The standard InChI is InChI=1S/C7H13NO4.C4H6O2/c1-2-11-3-4-12-7(10)5-6(8)9;1-3(2)4(5)6/h2-5H2,1H3,(H2,8,9);1H2,2H3,(H,5,6). The minimum Gasteiger partial charge on any atom is -0.478 e. The number of ether oxygens (including phenoxy) is 2. The summed E-state index contributed by atoms with van der Waals surface area (Å²) in [5.41, 5.74) is 4.93. The monoisotopic (exact) mass is 261 g/mol. The van der Waals surface area contributed by atoms with Crippen molar-refractivity contribution in [3.63, 3.8) is 0 Å². The molecule has 0 aliphatic heterocycles. The first kappa shape index (κ1) is 18.5. The second kappa shape index (κ2) is 11.6. The molecule has 0 aliphatic carbocycles. The molecule has 0 rings (SSSR count). The Hall–Kier alpha value is -1.89. The molecule has 7 nitrogen and oxygen atoms in total. The van der Waals surface area contributed by atoms with Crippen LogP contribution in [-0.4, -0.2) is 42.8 Å². The van der Waals surface area contributed by atoms with E-state index in [9.17, 15) is 14.4 Å². The van der Waals surface area contributed by atoms with Crippen molar-refractivity contribution in [2.45, 2.75) is 20.3 Å². The first-order chi connectivity index (χ1) is 8.31. The number of carbonyl (C=O) groups is 3. The lowest BCUT2D eigenvalue weighted by Crippen LogP contribution is -2.19. The van der Waals surface area contributed by atoms with E-state index >= 15 is 0 Å². The van der Waals surface area contributed by atoms with Gasteiger partial charge in [-0.25, -0.2) is 4.79 Å². The summed E-state index contributed by atoms with van der Waals surface area (Å²) in [7, 11) is 0. The molecule has 0 aromatic carbocycles. The summed E-state index contributed by atoms with van der Waals surface area (Å²) in [6.07, 6.45) is -0.369. The van der Waals surface area contributed by atoms with Crippen LogP contribution < -0.4 is 5.73 Å². The number of primary amides is 1. The normalized spacial score (nSPS) is 8.78. The molecule has 0 radical (unpaired) electrons. The molecule has 0 saturated heterocycles. The Kier molecular flexibility index (Phi) is 11.9. The first-order valence-electron chi connectivity index (χ1n) is 5.21. The molecule has 7 heteroatoms. The smallest absolute Gasteiger partial charge is 0.330 e. The molecule has 18 heavy (non-hydrogen) atoms. The van der Waals surface area contributed by atoms with Crippen molar-refractivity contribution in [2.75, 3.05) is 19.8 Å². The van der Waals surface area contributed by atoms with Crippen molar-refractivity contribution in [1.29, 1.82) is 0 Å². The lowest BCUT2D eigenvalue weighted by molar-refractivity contribution is -0.147. The van der Waals surface area contributed by atoms with Gasteiger partial charge in [0, 0.05) is 12.2 Å². The molecule has 0 aromatic heterocycles. The molecule has 0 heterocycles. The molecule has 0 atom stereocenters. The Morgan fingerprint density at radius 1 is 1.28 bits per heavy atom. The van der Waals surface area contributed by atoms with Crippen molar-refractivity contribution < 1.29 is 29.0 Å². The number of esters is 1. The van der Waals surface area contributed by atoms with Crippen LogP contribution in [0.5, 0.6) is 0 Å². The van der Waals surface area contributed by atoms with Crippen LogP contribution in [0.1, 0.15) is 20.3 Å². The highest BCUT2D eigenvalue weighted by atomic mass is 16.6. The van der Waals surface area contributed by atoms with Gasteiger partial charge in [-0.15, -0.1) is 0 Å². The zero-order valence-electron chi connectivity index (χ0n) is 10.6. The third-order valence-electron chi connectivity index (χ3n) is 1.38. The summed E-state index contributed by atoms with van der Waals surface area (Å²) in [6.45, 7) is 7.53. The maximum Gasteiger partial charge on any atom is 0.330 e. The van der Waals surface area contributed by atoms with Crippen molar-refractivity contribution in [2.24, 2.45) is 5.73 Å². The van der Waals surface area contributed by atoms with E-state index in [1.165, 1.54) is 6.92 Å². The quantitative estimate of drug-likeness (QED) is 0.290. The third kappa shape index (κ3) is 16.5. The summed E-state index contributed by atoms with van der Waals surface area (Å²) in [5, 5.41) is 7.89. The summed E-state index contributed by atoms with van der Waals surface area (Å²) in [4.78, 5) is 30.4. The number of aliphatic carboxylic acids is 1. The van der Waals surface area contributed by atoms with E-state index in [0.29, 0.717) is 13.2 Å². The van der Waals surface area contributed by atoms with Crippen molar-refractivity contribution >= 4 is 17.8 Å². The number of amides is 1. The van der Waals surface area contributed by atoms with E-state index < -0.39 is 17.8 Å². The largest absolute Gasteiger partial charge is 0.478 e. The summed E-state index contributed by atoms with van der Waals surface area (Å²) in [6, 6.07) is 0. The second-order valence-corrected chi connectivity index (χ2v) is 3.15. The van der Waals surface area contributed by atoms with Crippen molar-refractivity contribution in [3.8, 4) is 0 Å². The fourth-order valence-electron chi connectivity index (χ4n) is 0.552. The maximum absolute atomic E-state index is 10.6. The van der Waals surface area contributed by atoms with Crippen molar-refractivity contribution in [3.05, 3.63) is 12.2 Å². The van der Waals surface area contributed by atoms with Crippen molar-refractivity contribution in [1.82, 2.24) is 0 Å². The zero-order chi connectivity index (χ0) is 14.6. The van der Waals surface area contributed by atoms with E-state index in [1.54, 1.807) is 0 Å². The Morgan fingerprint density at radius 3 is 2.11 bits per heavy atom. The third-order valence-corrected chi connectivity index (χ3v) is 1.38. The van der Waals surface area contributed by atoms with Gasteiger partial charge in [-0.3, -0.25) is 9.59 Å². The fraction of sp³-hybridized carbons (Fsp3) is 0.545. The number of hydrogen-bond donors (Lipinski definition) is 2. The van der Waals surface area contributed by atoms with Crippen LogP contribution in [0.4, 0.5) is 0 Å². The summed E-state index contributed by atoms with van der Waals surface area (Å²) < 4.78 is 9.49. The van der Waals surface area contributed by atoms with Gasteiger partial charge < -0.3 is 20.3 Å². The van der Waals surface area contributed by atoms with Crippen LogP contribution in [0.15, 0.2) is 12.2 Å². The molecule has 0 fully saturated rings. The van der Waals surface area contributed by atoms with E-state index in [1.807, 2.05) is 6.92 Å². The van der Waals surface area contributed by atoms with Gasteiger partial charge in [0.05, 0.1) is 6.61 Å². The molecular formula is C11H19NO6. The fourth-order valence-corrected chi connectivity index (χ4v) is 0.552. The molecule has 0 spiro atoms. The number of hydrogen-bond acceptors (Lipinski definition) is 5. The van der Waals surface area contributed by atoms with Gasteiger partial charge in [0.15, 0.2) is 0 Å². The first-order valence-corrected chi connectivity index (χ1v) is 5.21. The van der Waals surface area contributed by atoms with Crippen LogP contribution >= 0.6 is 0 Å². The molecule has 0 aliphatic rings. The maximum atomic E-state index is 10.6. The molecule has 1 amide bonds.